The number of hydrogen-bond donors (Lipinski definition) is 0. The maximum Gasteiger partial charge on any atom is 0.349 e. The van der Waals surface area contributed by atoms with Gasteiger partial charge in [0, 0.05) is 35.5 Å². The van der Waals surface area contributed by atoms with Crippen molar-refractivity contribution in [2.24, 2.45) is 31.3 Å². The van der Waals surface area contributed by atoms with Crippen molar-refractivity contribution in [1.29, 1.82) is 0 Å². The van der Waals surface area contributed by atoms with Gasteiger partial charge in [-0.25, -0.2) is 0 Å². The van der Waals surface area contributed by atoms with Gasteiger partial charge >= 0.3 is 23.0 Å². The van der Waals surface area contributed by atoms with Gasteiger partial charge in [-0.3, -0.25) is 0 Å². The standard InChI is InChI=1S/C23H46N3O11P3/c1-27-8-13-32-38(33-14-9-28-2)24-39(34-15-10-29-3,35-16-11-30-4)26-40(25-38,36-17-12-31-5)37-20-23-19-21-6-7-22(23)18-21/h6-7,21-23H,8-20H2,1-5H3/t21-,22+,23+/m1/s1. The van der Waals surface area contributed by atoms with Crippen molar-refractivity contribution in [2.45, 2.75) is 12.8 Å². The third kappa shape index (κ3) is 10.3. The molecule has 0 spiro atoms. The molecule has 234 valence electrons. The summed E-state index contributed by atoms with van der Waals surface area (Å²) in [4.78, 5) is 0. The first-order valence-corrected chi connectivity index (χ1v) is 18.0. The van der Waals surface area contributed by atoms with Crippen LogP contribution in [0.15, 0.2) is 25.7 Å². The van der Waals surface area contributed by atoms with Gasteiger partial charge in [-0.15, -0.1) is 13.5 Å². The molecule has 14 nitrogen and oxygen atoms in total. The van der Waals surface area contributed by atoms with Gasteiger partial charge in [0.05, 0.1) is 72.7 Å². The first-order chi connectivity index (χ1) is 19.5. The zero-order valence-electron chi connectivity index (χ0n) is 24.3. The Hall–Kier alpha value is -0.01000. The molecule has 0 N–H and O–H groups in total. The summed E-state index contributed by atoms with van der Waals surface area (Å²) in [5.74, 6) is 1.37. The van der Waals surface area contributed by atoms with Crippen molar-refractivity contribution in [1.82, 2.24) is 0 Å². The topological polar surface area (TPSA) is 139 Å². The molecule has 3 aliphatic rings. The third-order valence-corrected chi connectivity index (χ3v) is 14.8. The molecule has 2 bridgehead atoms. The van der Waals surface area contributed by atoms with Crippen LogP contribution in [0.25, 0.3) is 0 Å². The van der Waals surface area contributed by atoms with Gasteiger partial charge < -0.3 is 50.8 Å². The summed E-state index contributed by atoms with van der Waals surface area (Å²) in [5, 5.41) is 0. The van der Waals surface area contributed by atoms with E-state index in [4.69, 9.17) is 64.4 Å². The van der Waals surface area contributed by atoms with Crippen molar-refractivity contribution in [3.63, 3.8) is 0 Å². The van der Waals surface area contributed by atoms with Crippen LogP contribution in [0.3, 0.4) is 0 Å². The van der Waals surface area contributed by atoms with Gasteiger partial charge in [-0.2, -0.15) is 0 Å². The molecular weight excluding hydrogens is 587 g/mol. The minimum atomic E-state index is -3.45. The SMILES string of the molecule is COCCOP1(OCCOC)=NP(OCCOC)(OCCOC)=NP(OCCOC)(OC[C@@H]2C[C@@H]3C=C[C@H]2C3)=N1. The molecule has 40 heavy (non-hydrogen) atoms. The van der Waals surface area contributed by atoms with E-state index in [1.807, 2.05) is 0 Å². The summed E-state index contributed by atoms with van der Waals surface area (Å²) in [6.07, 6.45) is 6.76. The van der Waals surface area contributed by atoms with Gasteiger partial charge in [0.1, 0.15) is 0 Å². The number of methoxy groups -OCH3 is 5. The molecule has 3 rings (SSSR count). The third-order valence-electron chi connectivity index (χ3n) is 6.29. The largest absolute Gasteiger partial charge is 0.382 e. The van der Waals surface area contributed by atoms with Crippen LogP contribution in [0.4, 0.5) is 0 Å². The van der Waals surface area contributed by atoms with Crippen molar-refractivity contribution in [3.05, 3.63) is 12.2 Å². The average molecular weight is 634 g/mol. The van der Waals surface area contributed by atoms with Crippen LogP contribution in [-0.4, -0.2) is 108 Å². The molecule has 2 aliphatic carbocycles. The smallest absolute Gasteiger partial charge is 0.349 e. The van der Waals surface area contributed by atoms with Crippen LogP contribution >= 0.6 is 23.0 Å². The average Bonchev–Trinajstić information content (AvgIpc) is 3.57. The highest BCUT2D eigenvalue weighted by atomic mass is 31.3. The first kappa shape index (κ1) is 34.5. The molecule has 1 aliphatic heterocycles. The van der Waals surface area contributed by atoms with Gasteiger partial charge in [0.25, 0.3) is 0 Å². The molecule has 0 aromatic heterocycles. The van der Waals surface area contributed by atoms with Crippen molar-refractivity contribution >= 4 is 23.0 Å². The molecule has 0 amide bonds. The van der Waals surface area contributed by atoms with E-state index in [2.05, 4.69) is 12.2 Å². The second-order valence-electron chi connectivity index (χ2n) is 9.21. The number of hydrogen-bond acceptors (Lipinski definition) is 14. The fraction of sp³-hybridized carbons (Fsp3) is 0.913. The maximum absolute atomic E-state index is 6.61. The Labute approximate surface area is 238 Å². The summed E-state index contributed by atoms with van der Waals surface area (Å²) >= 11 is 0. The molecule has 1 unspecified atom stereocenters. The van der Waals surface area contributed by atoms with Crippen molar-refractivity contribution < 1.29 is 50.8 Å². The summed E-state index contributed by atoms with van der Waals surface area (Å²) in [6.45, 7) is 2.74. The van der Waals surface area contributed by atoms with Gasteiger partial charge in [0.2, 0.25) is 0 Å². The molecule has 0 radical (unpaired) electrons. The predicted octanol–water partition coefficient (Wildman–Crippen LogP) is 5.38. The Morgan fingerprint density at radius 2 is 0.875 bits per heavy atom. The summed E-state index contributed by atoms with van der Waals surface area (Å²) in [5.41, 5.74) is 0. The predicted molar refractivity (Wildman–Crippen MR) is 152 cm³/mol. The number of ether oxygens (including phenoxy) is 5. The molecule has 0 aromatic rings. The maximum atomic E-state index is 6.61. The first-order valence-electron chi connectivity index (χ1n) is 13.4. The van der Waals surface area contributed by atoms with E-state index in [9.17, 15) is 0 Å². The molecule has 1 heterocycles. The van der Waals surface area contributed by atoms with E-state index >= 15 is 0 Å². The van der Waals surface area contributed by atoms with Crippen LogP contribution in [0.1, 0.15) is 12.8 Å². The Balaban J connectivity index is 2.09. The highest BCUT2D eigenvalue weighted by Gasteiger charge is 2.44. The Morgan fingerprint density at radius 1 is 0.500 bits per heavy atom. The lowest BCUT2D eigenvalue weighted by molar-refractivity contribution is 0.111. The monoisotopic (exact) mass is 633 g/mol. The minimum Gasteiger partial charge on any atom is -0.382 e. The van der Waals surface area contributed by atoms with E-state index in [1.165, 1.54) is 0 Å². The lowest BCUT2D eigenvalue weighted by Crippen LogP contribution is -2.16. The van der Waals surface area contributed by atoms with E-state index in [1.54, 1.807) is 35.5 Å². The van der Waals surface area contributed by atoms with E-state index < -0.39 is 23.0 Å². The number of rotatable bonds is 23. The van der Waals surface area contributed by atoms with E-state index in [-0.39, 0.29) is 33.0 Å². The second kappa shape index (κ2) is 18.0. The number of nitrogens with zero attached hydrogens (tertiary/aromatic N) is 3. The molecule has 1 fully saturated rings. The Morgan fingerprint density at radius 3 is 1.18 bits per heavy atom. The fourth-order valence-electron chi connectivity index (χ4n) is 4.38. The van der Waals surface area contributed by atoms with Crippen LogP contribution < -0.4 is 0 Å². The molecule has 1 saturated carbocycles. The summed E-state index contributed by atoms with van der Waals surface area (Å²) < 4.78 is 79.0. The van der Waals surface area contributed by atoms with Gasteiger partial charge in [-0.1, -0.05) is 12.2 Å². The molecule has 17 heteroatoms. The summed E-state index contributed by atoms with van der Waals surface area (Å²) in [7, 11) is -2.42. The molecule has 4 atom stereocenters. The summed E-state index contributed by atoms with van der Waals surface area (Å²) in [6, 6.07) is 0. The van der Waals surface area contributed by atoms with Crippen LogP contribution in [0.2, 0.25) is 0 Å². The zero-order chi connectivity index (χ0) is 28.7. The molecular formula is C23H46N3O11P3. The van der Waals surface area contributed by atoms with E-state index in [0.717, 1.165) is 12.8 Å². The van der Waals surface area contributed by atoms with Crippen LogP contribution in [0.5, 0.6) is 0 Å². The number of allylic oxidation sites excluding steroid dienone is 2. The quantitative estimate of drug-likeness (QED) is 0.0814. The van der Waals surface area contributed by atoms with Crippen LogP contribution in [-0.2, 0) is 50.8 Å². The fourth-order valence-corrected chi connectivity index (χ4v) is 13.9. The van der Waals surface area contributed by atoms with Gasteiger partial charge in [-0.05, 0) is 30.6 Å². The number of fused-ring (bicyclic) bond motifs is 2. The normalized spacial score (nSPS) is 27.9. The van der Waals surface area contributed by atoms with E-state index in [0.29, 0.717) is 57.4 Å². The van der Waals surface area contributed by atoms with Crippen molar-refractivity contribution in [2.75, 3.05) is 108 Å². The lowest BCUT2D eigenvalue weighted by Gasteiger charge is -2.34. The van der Waals surface area contributed by atoms with Crippen LogP contribution in [0, 0.1) is 17.8 Å². The van der Waals surface area contributed by atoms with Gasteiger partial charge in [0.15, 0.2) is 0 Å². The Bertz CT molecular complexity index is 901. The molecule has 0 saturated heterocycles. The highest BCUT2D eigenvalue weighted by molar-refractivity contribution is 7.78. The highest BCUT2D eigenvalue weighted by Crippen LogP contribution is 2.80. The molecule has 0 aromatic carbocycles. The second-order valence-corrected chi connectivity index (χ2v) is 15.8. The Kier molecular flexibility index (Phi) is 15.5. The lowest BCUT2D eigenvalue weighted by atomic mass is 9.95. The van der Waals surface area contributed by atoms with Crippen molar-refractivity contribution in [3.8, 4) is 0 Å². The minimum absolute atomic E-state index is 0.162. The zero-order valence-corrected chi connectivity index (χ0v) is 26.9.